The third-order valence-corrected chi connectivity index (χ3v) is 6.67. The molecular formula is C27H32N8O2S. The summed E-state index contributed by atoms with van der Waals surface area (Å²) >= 11 is 0. The molecule has 1 unspecified atom stereocenters. The van der Waals surface area contributed by atoms with Crippen molar-refractivity contribution in [2.45, 2.75) is 31.8 Å². The van der Waals surface area contributed by atoms with Crippen LogP contribution in [0.15, 0.2) is 55.2 Å². The molecule has 0 bridgehead atoms. The van der Waals surface area contributed by atoms with E-state index >= 15 is 0 Å². The number of β-amino-alcohol motifs (C(OH)–C–C–N with tert-alkyl or cyclic N) is 1. The Kier molecular flexibility index (Phi) is 8.70. The minimum atomic E-state index is -0.336. The number of aliphatic hydroxyl groups excluding tert-OH is 1. The first-order chi connectivity index (χ1) is 18.0. The van der Waals surface area contributed by atoms with Crippen LogP contribution in [0.3, 0.4) is 0 Å². The number of fused-ring (bicyclic) bond motifs is 1. The number of amides is 1. The van der Waals surface area contributed by atoms with Crippen molar-refractivity contribution < 1.29 is 9.90 Å². The molecule has 198 valence electrons. The van der Waals surface area contributed by atoms with Gasteiger partial charge in [0.15, 0.2) is 0 Å². The van der Waals surface area contributed by atoms with E-state index in [0.717, 1.165) is 47.1 Å². The topological polar surface area (TPSA) is 129 Å². The minimum absolute atomic E-state index is 0. The van der Waals surface area contributed by atoms with Gasteiger partial charge in [0.05, 0.1) is 22.9 Å². The van der Waals surface area contributed by atoms with Gasteiger partial charge in [0.1, 0.15) is 12.1 Å². The Labute approximate surface area is 228 Å². The number of aliphatic hydroxyl groups is 1. The van der Waals surface area contributed by atoms with Gasteiger partial charge in [-0.2, -0.15) is 13.5 Å². The molecule has 0 spiro atoms. The molecule has 0 radical (unpaired) electrons. The van der Waals surface area contributed by atoms with Gasteiger partial charge in [-0.3, -0.25) is 9.78 Å². The van der Waals surface area contributed by atoms with E-state index in [1.54, 1.807) is 31.7 Å². The van der Waals surface area contributed by atoms with Gasteiger partial charge in [0.2, 0.25) is 5.95 Å². The van der Waals surface area contributed by atoms with Crippen molar-refractivity contribution in [3.05, 3.63) is 66.4 Å². The molecule has 5 rings (SSSR count). The first-order valence-electron chi connectivity index (χ1n) is 12.4. The number of nitrogens with zero attached hydrogens (tertiary/aromatic N) is 6. The van der Waals surface area contributed by atoms with Gasteiger partial charge >= 0.3 is 0 Å². The summed E-state index contributed by atoms with van der Waals surface area (Å²) in [6.45, 7) is 4.13. The van der Waals surface area contributed by atoms with E-state index in [4.69, 9.17) is 0 Å². The Hall–Kier alpha value is -3.83. The second kappa shape index (κ2) is 12.1. The molecule has 1 aliphatic rings. The van der Waals surface area contributed by atoms with E-state index in [-0.39, 0.29) is 31.4 Å². The van der Waals surface area contributed by atoms with E-state index in [1.807, 2.05) is 29.2 Å². The molecular weight excluding hydrogens is 500 g/mol. The zero-order valence-corrected chi connectivity index (χ0v) is 22.4. The highest BCUT2D eigenvalue weighted by atomic mass is 32.1. The predicted molar refractivity (Wildman–Crippen MR) is 153 cm³/mol. The maximum atomic E-state index is 12.3. The standard InChI is InChI=1S/C27H30N8O2.H2S/c1-17(20-6-3-7-21-22(26(37)28-2)8-9-29-25(20)21)12-30-24-11-23(33-16-34-24)18-13-31-27(32-14-18)35-10-4-5-19(36)15-35;/h3,6-9,11,13-14,16-17,19,36H,4-5,10,12,15H2,1-2H3,(H,28,37)(H,30,33,34);1H2/t17-,19?;/m1./s1. The first kappa shape index (κ1) is 27.2. The zero-order chi connectivity index (χ0) is 25.8. The number of anilines is 2. The van der Waals surface area contributed by atoms with Gasteiger partial charge in [-0.05, 0) is 24.5 Å². The number of piperidine rings is 1. The number of benzene rings is 1. The number of rotatable bonds is 7. The van der Waals surface area contributed by atoms with Crippen LogP contribution in [0.5, 0.6) is 0 Å². The van der Waals surface area contributed by atoms with Crippen molar-refractivity contribution in [2.75, 3.05) is 36.9 Å². The van der Waals surface area contributed by atoms with Gasteiger partial charge < -0.3 is 20.6 Å². The van der Waals surface area contributed by atoms with Crippen LogP contribution in [0.1, 0.15) is 41.6 Å². The molecule has 4 heterocycles. The first-order valence-corrected chi connectivity index (χ1v) is 12.4. The summed E-state index contributed by atoms with van der Waals surface area (Å²) in [6.07, 6.45) is 8.11. The lowest BCUT2D eigenvalue weighted by Gasteiger charge is -2.29. The van der Waals surface area contributed by atoms with Crippen LogP contribution in [-0.4, -0.2) is 68.7 Å². The highest BCUT2D eigenvalue weighted by Crippen LogP contribution is 2.27. The van der Waals surface area contributed by atoms with E-state index < -0.39 is 0 Å². The maximum absolute atomic E-state index is 12.3. The highest BCUT2D eigenvalue weighted by Gasteiger charge is 2.20. The van der Waals surface area contributed by atoms with Gasteiger partial charge in [0, 0.05) is 68.2 Å². The molecule has 38 heavy (non-hydrogen) atoms. The van der Waals surface area contributed by atoms with E-state index in [9.17, 15) is 9.90 Å². The SMILES string of the molecule is CNC(=O)c1ccnc2c([C@H](C)CNc3cc(-c4cnc(N5CCCC(O)C5)nc4)ncn3)cccc12.S. The number of carbonyl (C=O) groups excluding carboxylic acids is 1. The zero-order valence-electron chi connectivity index (χ0n) is 21.4. The molecule has 2 atom stereocenters. The number of nitrogens with one attached hydrogen (secondary N) is 2. The van der Waals surface area contributed by atoms with Crippen molar-refractivity contribution in [1.82, 2.24) is 30.2 Å². The number of pyridine rings is 1. The molecule has 1 amide bonds. The van der Waals surface area contributed by atoms with Gasteiger partial charge in [-0.1, -0.05) is 25.1 Å². The lowest BCUT2D eigenvalue weighted by Crippen LogP contribution is -2.39. The second-order valence-electron chi connectivity index (χ2n) is 9.27. The van der Waals surface area contributed by atoms with E-state index in [0.29, 0.717) is 30.4 Å². The van der Waals surface area contributed by atoms with Crippen LogP contribution < -0.4 is 15.5 Å². The van der Waals surface area contributed by atoms with E-state index in [1.165, 1.54) is 6.33 Å². The van der Waals surface area contributed by atoms with E-state index in [2.05, 4.69) is 42.5 Å². The average Bonchev–Trinajstić information content (AvgIpc) is 2.95. The number of hydrogen-bond acceptors (Lipinski definition) is 9. The summed E-state index contributed by atoms with van der Waals surface area (Å²) < 4.78 is 0. The minimum Gasteiger partial charge on any atom is -0.391 e. The summed E-state index contributed by atoms with van der Waals surface area (Å²) in [5, 5.41) is 16.8. The Morgan fingerprint density at radius 1 is 1.16 bits per heavy atom. The smallest absolute Gasteiger partial charge is 0.251 e. The Balaban J connectivity index is 0.00000336. The Morgan fingerprint density at radius 3 is 2.74 bits per heavy atom. The third kappa shape index (κ3) is 5.84. The number of hydrogen-bond donors (Lipinski definition) is 3. The second-order valence-corrected chi connectivity index (χ2v) is 9.27. The fraction of sp³-hybridized carbons (Fsp3) is 0.333. The third-order valence-electron chi connectivity index (χ3n) is 6.67. The van der Waals surface area contributed by atoms with Gasteiger partial charge in [-0.15, -0.1) is 0 Å². The molecule has 1 aliphatic heterocycles. The van der Waals surface area contributed by atoms with Gasteiger partial charge in [-0.25, -0.2) is 19.9 Å². The number of aromatic nitrogens is 5. The van der Waals surface area contributed by atoms with Crippen molar-refractivity contribution in [1.29, 1.82) is 0 Å². The van der Waals surface area contributed by atoms with Crippen LogP contribution in [0, 0.1) is 0 Å². The van der Waals surface area contributed by atoms with Crippen LogP contribution in [0.25, 0.3) is 22.2 Å². The monoisotopic (exact) mass is 532 g/mol. The fourth-order valence-corrected chi connectivity index (χ4v) is 4.66. The molecule has 3 N–H and O–H groups in total. The summed E-state index contributed by atoms with van der Waals surface area (Å²) in [5.41, 5.74) is 3.99. The molecule has 1 saturated heterocycles. The van der Waals surface area contributed by atoms with Crippen molar-refractivity contribution in [3.8, 4) is 11.3 Å². The molecule has 0 aliphatic carbocycles. The highest BCUT2D eigenvalue weighted by molar-refractivity contribution is 7.59. The lowest BCUT2D eigenvalue weighted by atomic mass is 9.96. The largest absolute Gasteiger partial charge is 0.391 e. The van der Waals surface area contributed by atoms with Crippen LogP contribution >= 0.6 is 13.5 Å². The molecule has 3 aromatic heterocycles. The maximum Gasteiger partial charge on any atom is 0.251 e. The number of para-hydroxylation sites is 1. The molecule has 0 saturated carbocycles. The summed E-state index contributed by atoms with van der Waals surface area (Å²) in [5.74, 6) is 1.29. The molecule has 11 heteroatoms. The van der Waals surface area contributed by atoms with Gasteiger partial charge in [0.25, 0.3) is 5.91 Å². The number of carbonyl (C=O) groups is 1. The van der Waals surface area contributed by atoms with Crippen molar-refractivity contribution in [3.63, 3.8) is 0 Å². The summed E-state index contributed by atoms with van der Waals surface area (Å²) in [7, 11) is 1.63. The molecule has 1 aromatic carbocycles. The average molecular weight is 533 g/mol. The van der Waals surface area contributed by atoms with Crippen molar-refractivity contribution in [2.24, 2.45) is 0 Å². The quantitative estimate of drug-likeness (QED) is 0.329. The van der Waals surface area contributed by atoms with Crippen molar-refractivity contribution >= 4 is 42.1 Å². The predicted octanol–water partition coefficient (Wildman–Crippen LogP) is 3.13. The fourth-order valence-electron chi connectivity index (χ4n) is 4.66. The lowest BCUT2D eigenvalue weighted by molar-refractivity contribution is 0.0964. The molecule has 4 aromatic rings. The van der Waals surface area contributed by atoms with Crippen LogP contribution in [0.2, 0.25) is 0 Å². The normalized spacial score (nSPS) is 16.0. The molecule has 1 fully saturated rings. The Bertz CT molecular complexity index is 1400. The Morgan fingerprint density at radius 2 is 1.97 bits per heavy atom. The summed E-state index contributed by atoms with van der Waals surface area (Å²) in [6, 6.07) is 9.54. The molecule has 10 nitrogen and oxygen atoms in total. The summed E-state index contributed by atoms with van der Waals surface area (Å²) in [4.78, 5) is 36.6. The van der Waals surface area contributed by atoms with Crippen LogP contribution in [0.4, 0.5) is 11.8 Å². The van der Waals surface area contributed by atoms with Crippen LogP contribution in [-0.2, 0) is 0 Å².